The van der Waals surface area contributed by atoms with Gasteiger partial charge in [-0.2, -0.15) is 0 Å². The van der Waals surface area contributed by atoms with E-state index >= 15 is 0 Å². The molecule has 1 atom stereocenters. The molecule has 1 fully saturated rings. The molecule has 1 saturated heterocycles. The summed E-state index contributed by atoms with van der Waals surface area (Å²) >= 11 is 0. The lowest BCUT2D eigenvalue weighted by Crippen LogP contribution is -2.38. The van der Waals surface area contributed by atoms with Crippen LogP contribution < -0.4 is 0 Å². The van der Waals surface area contributed by atoms with Crippen LogP contribution in [0.5, 0.6) is 5.75 Å². The normalized spacial score (nSPS) is 20.6. The van der Waals surface area contributed by atoms with Gasteiger partial charge in [0.1, 0.15) is 11.8 Å². The maximum absolute atomic E-state index is 10.2. The van der Waals surface area contributed by atoms with Crippen LogP contribution in [0.2, 0.25) is 0 Å². The molecule has 0 bridgehead atoms. The van der Waals surface area contributed by atoms with Gasteiger partial charge in [-0.15, -0.1) is 0 Å². The lowest BCUT2D eigenvalue weighted by atomic mass is 9.98. The van der Waals surface area contributed by atoms with Crippen molar-refractivity contribution >= 4 is 0 Å². The second-order valence-corrected chi connectivity index (χ2v) is 5.85. The Morgan fingerprint density at radius 2 is 1.95 bits per heavy atom. The minimum absolute atomic E-state index is 0.0621. The third kappa shape index (κ3) is 3.71. The van der Waals surface area contributed by atoms with E-state index in [0.717, 1.165) is 44.7 Å². The number of phenols is 1. The largest absolute Gasteiger partial charge is 0.508 e. The number of morpholine rings is 1. The third-order valence-corrected chi connectivity index (χ3v) is 4.30. The van der Waals surface area contributed by atoms with Crippen molar-refractivity contribution in [2.75, 3.05) is 26.3 Å². The van der Waals surface area contributed by atoms with Crippen LogP contribution in [-0.4, -0.2) is 36.3 Å². The first-order valence-corrected chi connectivity index (χ1v) is 8.15. The number of hydrogen-bond acceptors (Lipinski definition) is 3. The highest BCUT2D eigenvalue weighted by Gasteiger charge is 2.23. The van der Waals surface area contributed by atoms with Crippen molar-refractivity contribution in [2.45, 2.75) is 31.7 Å². The number of phenolic OH excluding ortho intramolecular Hbond substituents is 1. The second-order valence-electron chi connectivity index (χ2n) is 5.85. The van der Waals surface area contributed by atoms with Crippen molar-refractivity contribution in [3.63, 3.8) is 0 Å². The van der Waals surface area contributed by atoms with Gasteiger partial charge in [0.15, 0.2) is 0 Å². The Morgan fingerprint density at radius 3 is 2.68 bits per heavy atom. The molecule has 1 N–H and O–H groups in total. The summed E-state index contributed by atoms with van der Waals surface area (Å²) < 4.78 is 5.45. The van der Waals surface area contributed by atoms with E-state index in [1.54, 1.807) is 6.07 Å². The summed E-state index contributed by atoms with van der Waals surface area (Å²) in [6, 6.07) is 7.47. The summed E-state index contributed by atoms with van der Waals surface area (Å²) in [6.07, 6.45) is 7.00. The zero-order chi connectivity index (χ0) is 15.2. The molecule has 1 aromatic carbocycles. The van der Waals surface area contributed by atoms with E-state index < -0.39 is 0 Å². The summed E-state index contributed by atoms with van der Waals surface area (Å²) in [5, 5.41) is 10.2. The molecule has 2 aliphatic rings. The summed E-state index contributed by atoms with van der Waals surface area (Å²) in [5.41, 5.74) is 2.15. The van der Waals surface area contributed by atoms with Crippen LogP contribution in [0.3, 0.4) is 0 Å². The maximum atomic E-state index is 10.2. The summed E-state index contributed by atoms with van der Waals surface area (Å²) in [6.45, 7) is 3.17. The molecule has 22 heavy (non-hydrogen) atoms. The number of allylic oxidation sites excluding steroid dienone is 2. The Bertz CT molecular complexity index is 591. The monoisotopic (exact) mass is 297 g/mol. The molecule has 3 nitrogen and oxygen atoms in total. The Kier molecular flexibility index (Phi) is 5.15. The lowest BCUT2D eigenvalue weighted by Gasteiger charge is -2.32. The molecule has 1 unspecified atom stereocenters. The van der Waals surface area contributed by atoms with Crippen molar-refractivity contribution in [3.8, 4) is 17.6 Å². The molecule has 0 amide bonds. The molecule has 3 heteroatoms. The summed E-state index contributed by atoms with van der Waals surface area (Å²) in [4.78, 5) is 2.30. The highest BCUT2D eigenvalue weighted by Crippen LogP contribution is 2.29. The van der Waals surface area contributed by atoms with Gasteiger partial charge in [-0.1, -0.05) is 36.1 Å². The van der Waals surface area contributed by atoms with Crippen LogP contribution in [-0.2, 0) is 4.74 Å². The summed E-state index contributed by atoms with van der Waals surface area (Å²) in [5.74, 6) is 7.10. The van der Waals surface area contributed by atoms with E-state index in [1.165, 1.54) is 18.4 Å². The van der Waals surface area contributed by atoms with Crippen LogP contribution >= 0.6 is 0 Å². The molecule has 0 radical (unpaired) electrons. The van der Waals surface area contributed by atoms with Crippen molar-refractivity contribution in [3.05, 3.63) is 41.5 Å². The van der Waals surface area contributed by atoms with E-state index in [0.29, 0.717) is 5.75 Å². The van der Waals surface area contributed by atoms with Crippen molar-refractivity contribution in [2.24, 2.45) is 0 Å². The van der Waals surface area contributed by atoms with Crippen LogP contribution in [0.1, 0.15) is 37.3 Å². The molecule has 1 aromatic rings. The lowest BCUT2D eigenvalue weighted by molar-refractivity contribution is 0.0266. The number of benzene rings is 1. The number of aromatic hydroxyl groups is 1. The SMILES string of the molecule is Oc1ccccc1C(C#CC1=CCCCC1)N1CCOCC1. The van der Waals surface area contributed by atoms with Gasteiger partial charge in [0.25, 0.3) is 0 Å². The Balaban J connectivity index is 1.87. The smallest absolute Gasteiger partial charge is 0.121 e. The first-order chi connectivity index (χ1) is 10.8. The molecule has 1 heterocycles. The fourth-order valence-corrected chi connectivity index (χ4v) is 3.03. The molecule has 0 saturated carbocycles. The van der Waals surface area contributed by atoms with Crippen LogP contribution in [0.25, 0.3) is 0 Å². The van der Waals surface area contributed by atoms with E-state index in [2.05, 4.69) is 22.8 Å². The molecular formula is C19H23NO2. The van der Waals surface area contributed by atoms with Gasteiger partial charge in [0.2, 0.25) is 0 Å². The topological polar surface area (TPSA) is 32.7 Å². The summed E-state index contributed by atoms with van der Waals surface area (Å²) in [7, 11) is 0. The van der Waals surface area contributed by atoms with Crippen LogP contribution in [0, 0.1) is 11.8 Å². The fraction of sp³-hybridized carbons (Fsp3) is 0.474. The van der Waals surface area contributed by atoms with E-state index in [9.17, 15) is 5.11 Å². The fourth-order valence-electron chi connectivity index (χ4n) is 3.03. The molecule has 0 aromatic heterocycles. The van der Waals surface area contributed by atoms with Gasteiger partial charge in [-0.25, -0.2) is 0 Å². The van der Waals surface area contributed by atoms with Gasteiger partial charge in [-0.3, -0.25) is 4.90 Å². The van der Waals surface area contributed by atoms with E-state index in [1.807, 2.05) is 18.2 Å². The van der Waals surface area contributed by atoms with Crippen LogP contribution in [0.15, 0.2) is 35.9 Å². The van der Waals surface area contributed by atoms with E-state index in [-0.39, 0.29) is 6.04 Å². The van der Waals surface area contributed by atoms with Crippen molar-refractivity contribution in [1.29, 1.82) is 0 Å². The van der Waals surface area contributed by atoms with Gasteiger partial charge in [-0.05, 0) is 37.3 Å². The van der Waals surface area contributed by atoms with Gasteiger partial charge in [0, 0.05) is 18.7 Å². The zero-order valence-corrected chi connectivity index (χ0v) is 12.9. The highest BCUT2D eigenvalue weighted by molar-refractivity contribution is 5.41. The predicted molar refractivity (Wildman–Crippen MR) is 87.6 cm³/mol. The van der Waals surface area contributed by atoms with Gasteiger partial charge < -0.3 is 9.84 Å². The average Bonchev–Trinajstić information content (AvgIpc) is 2.58. The van der Waals surface area contributed by atoms with Crippen molar-refractivity contribution < 1.29 is 9.84 Å². The second kappa shape index (κ2) is 7.49. The predicted octanol–water partition coefficient (Wildman–Crippen LogP) is 3.27. The standard InChI is InChI=1S/C19H23NO2/c21-19-9-5-4-8-17(19)18(20-12-14-22-15-13-20)11-10-16-6-2-1-3-7-16/h4-6,8-9,18,21H,1-3,7,12-15H2. The number of rotatable bonds is 2. The highest BCUT2D eigenvalue weighted by atomic mass is 16.5. The minimum atomic E-state index is -0.0621. The molecule has 1 aliphatic heterocycles. The first-order valence-electron chi connectivity index (χ1n) is 8.15. The Hall–Kier alpha value is -1.76. The Morgan fingerprint density at radius 1 is 1.14 bits per heavy atom. The molecule has 116 valence electrons. The number of para-hydroxylation sites is 1. The maximum Gasteiger partial charge on any atom is 0.121 e. The van der Waals surface area contributed by atoms with Crippen LogP contribution in [0.4, 0.5) is 0 Å². The number of hydrogen-bond donors (Lipinski definition) is 1. The molecule has 0 spiro atoms. The molecular weight excluding hydrogens is 274 g/mol. The van der Waals surface area contributed by atoms with Gasteiger partial charge in [0.05, 0.1) is 13.2 Å². The van der Waals surface area contributed by atoms with Crippen molar-refractivity contribution in [1.82, 2.24) is 4.90 Å². The van der Waals surface area contributed by atoms with E-state index in [4.69, 9.17) is 4.74 Å². The first kappa shape index (κ1) is 15.1. The Labute approximate surface area is 132 Å². The third-order valence-electron chi connectivity index (χ3n) is 4.30. The minimum Gasteiger partial charge on any atom is -0.508 e. The quantitative estimate of drug-likeness (QED) is 0.850. The molecule has 3 rings (SSSR count). The number of nitrogens with zero attached hydrogens (tertiary/aromatic N) is 1. The average molecular weight is 297 g/mol. The number of ether oxygens (including phenoxy) is 1. The zero-order valence-electron chi connectivity index (χ0n) is 12.9. The van der Waals surface area contributed by atoms with Gasteiger partial charge >= 0.3 is 0 Å². The molecule has 1 aliphatic carbocycles.